The van der Waals surface area contributed by atoms with E-state index in [1.165, 1.54) is 25.7 Å². The molecule has 1 aliphatic carbocycles. The van der Waals surface area contributed by atoms with Crippen molar-refractivity contribution in [2.75, 3.05) is 6.54 Å². The Kier molecular flexibility index (Phi) is 3.79. The van der Waals surface area contributed by atoms with Gasteiger partial charge in [0.15, 0.2) is 5.82 Å². The van der Waals surface area contributed by atoms with Crippen LogP contribution in [0.1, 0.15) is 56.3 Å². The molecule has 0 radical (unpaired) electrons. The van der Waals surface area contributed by atoms with Crippen LogP contribution in [0.15, 0.2) is 0 Å². The molecule has 0 aromatic carbocycles. The molecule has 0 saturated heterocycles. The molecule has 5 nitrogen and oxygen atoms in total. The van der Waals surface area contributed by atoms with E-state index in [1.54, 1.807) is 11.3 Å². The molecule has 1 N–H and O–H groups in total. The second-order valence-electron chi connectivity index (χ2n) is 5.59. The number of nitrogens with one attached hydrogen (secondary N) is 1. The molecule has 0 amide bonds. The van der Waals surface area contributed by atoms with E-state index in [0.29, 0.717) is 12.0 Å². The van der Waals surface area contributed by atoms with Gasteiger partial charge in [-0.05, 0) is 12.8 Å². The maximum absolute atomic E-state index is 4.68. The van der Waals surface area contributed by atoms with Crippen LogP contribution in [-0.2, 0) is 6.42 Å². The van der Waals surface area contributed by atoms with Crippen LogP contribution in [0.4, 0.5) is 0 Å². The molecule has 0 atom stereocenters. The Balaban J connectivity index is 1.73. The molecule has 0 aliphatic heterocycles. The molecule has 0 spiro atoms. The number of fused-ring (bicyclic) bond motifs is 1. The first-order chi connectivity index (χ1) is 9.24. The fraction of sp³-hybridized carbons (Fsp3) is 0.769. The van der Waals surface area contributed by atoms with Crippen molar-refractivity contribution >= 4 is 16.3 Å². The van der Waals surface area contributed by atoms with Gasteiger partial charge in [0.2, 0.25) is 4.96 Å². The van der Waals surface area contributed by atoms with Crippen molar-refractivity contribution in [3.05, 3.63) is 10.8 Å². The third-order valence-electron chi connectivity index (χ3n) is 3.67. The summed E-state index contributed by atoms with van der Waals surface area (Å²) in [5.41, 5.74) is 0. The van der Waals surface area contributed by atoms with Crippen molar-refractivity contribution in [2.24, 2.45) is 0 Å². The number of nitrogens with zero attached hydrogens (tertiary/aromatic N) is 4. The molecule has 0 unspecified atom stereocenters. The number of hydrogen-bond acceptors (Lipinski definition) is 5. The minimum atomic E-state index is 0.528. The van der Waals surface area contributed by atoms with Crippen molar-refractivity contribution in [3.8, 4) is 0 Å². The van der Waals surface area contributed by atoms with Gasteiger partial charge in [-0.15, -0.1) is 10.2 Å². The Morgan fingerprint density at radius 2 is 2.11 bits per heavy atom. The van der Waals surface area contributed by atoms with E-state index in [2.05, 4.69) is 34.5 Å². The van der Waals surface area contributed by atoms with Crippen molar-refractivity contribution in [1.29, 1.82) is 0 Å². The highest BCUT2D eigenvalue weighted by Gasteiger charge is 2.23. The lowest BCUT2D eigenvalue weighted by Gasteiger charge is -2.05. The maximum atomic E-state index is 4.68. The number of aromatic nitrogens is 4. The minimum absolute atomic E-state index is 0.528. The second-order valence-corrected chi connectivity index (χ2v) is 6.63. The van der Waals surface area contributed by atoms with Gasteiger partial charge in [-0.3, -0.25) is 0 Å². The summed E-state index contributed by atoms with van der Waals surface area (Å²) < 4.78 is 1.98. The summed E-state index contributed by atoms with van der Waals surface area (Å²) in [5.74, 6) is 1.64. The van der Waals surface area contributed by atoms with Gasteiger partial charge < -0.3 is 5.32 Å². The molecule has 2 aromatic rings. The van der Waals surface area contributed by atoms with Crippen molar-refractivity contribution in [1.82, 2.24) is 25.1 Å². The average Bonchev–Trinajstić information content (AvgIpc) is 3.01. The molecule has 104 valence electrons. The van der Waals surface area contributed by atoms with E-state index in [0.717, 1.165) is 28.8 Å². The highest BCUT2D eigenvalue weighted by Crippen LogP contribution is 2.33. The van der Waals surface area contributed by atoms with Crippen LogP contribution in [0.5, 0.6) is 0 Å². The molecule has 19 heavy (non-hydrogen) atoms. The van der Waals surface area contributed by atoms with E-state index < -0.39 is 0 Å². The monoisotopic (exact) mass is 279 g/mol. The van der Waals surface area contributed by atoms with Crippen molar-refractivity contribution in [2.45, 2.75) is 57.9 Å². The first-order valence-corrected chi connectivity index (χ1v) is 8.00. The van der Waals surface area contributed by atoms with Gasteiger partial charge in [-0.25, -0.2) is 0 Å². The molecule has 1 aliphatic rings. The van der Waals surface area contributed by atoms with Crippen LogP contribution in [0.25, 0.3) is 4.96 Å². The maximum Gasteiger partial charge on any atom is 0.234 e. The minimum Gasteiger partial charge on any atom is -0.314 e. The smallest absolute Gasteiger partial charge is 0.234 e. The molecule has 2 aromatic heterocycles. The normalized spacial score (nSPS) is 17.0. The Labute approximate surface area is 117 Å². The second kappa shape index (κ2) is 5.54. The van der Waals surface area contributed by atoms with Crippen LogP contribution in [-0.4, -0.2) is 32.4 Å². The first kappa shape index (κ1) is 13.0. The molecule has 6 heteroatoms. The molecule has 2 heterocycles. The lowest BCUT2D eigenvalue weighted by molar-refractivity contribution is 0.585. The summed E-state index contributed by atoms with van der Waals surface area (Å²) in [7, 11) is 0. The Hall–Kier alpha value is -1.01. The topological polar surface area (TPSA) is 55.1 Å². The predicted octanol–water partition coefficient (Wildman–Crippen LogP) is 2.38. The van der Waals surface area contributed by atoms with Crippen molar-refractivity contribution in [3.63, 3.8) is 0 Å². The summed E-state index contributed by atoms with van der Waals surface area (Å²) in [6.45, 7) is 5.30. The third-order valence-corrected chi connectivity index (χ3v) is 4.63. The van der Waals surface area contributed by atoms with Crippen LogP contribution in [0.2, 0.25) is 0 Å². The van der Waals surface area contributed by atoms with Gasteiger partial charge in [0, 0.05) is 24.9 Å². The lowest BCUT2D eigenvalue weighted by atomic mass is 10.1. The summed E-state index contributed by atoms with van der Waals surface area (Å²) in [6.07, 6.45) is 6.07. The lowest BCUT2D eigenvalue weighted by Crippen LogP contribution is -2.24. The highest BCUT2D eigenvalue weighted by atomic mass is 32.1. The van der Waals surface area contributed by atoms with Gasteiger partial charge in [0.1, 0.15) is 5.01 Å². The number of rotatable bonds is 5. The van der Waals surface area contributed by atoms with Crippen molar-refractivity contribution < 1.29 is 0 Å². The van der Waals surface area contributed by atoms with Crippen LogP contribution >= 0.6 is 11.3 Å². The molecule has 1 fully saturated rings. The first-order valence-electron chi connectivity index (χ1n) is 7.18. The Morgan fingerprint density at radius 3 is 2.84 bits per heavy atom. The van der Waals surface area contributed by atoms with Crippen LogP contribution in [0.3, 0.4) is 0 Å². The van der Waals surface area contributed by atoms with Gasteiger partial charge in [0.05, 0.1) is 0 Å². The average molecular weight is 279 g/mol. The quantitative estimate of drug-likeness (QED) is 0.913. The van der Waals surface area contributed by atoms with E-state index in [1.807, 2.05) is 4.52 Å². The number of hydrogen-bond donors (Lipinski definition) is 1. The predicted molar refractivity (Wildman–Crippen MR) is 76.7 cm³/mol. The van der Waals surface area contributed by atoms with E-state index in [-0.39, 0.29) is 0 Å². The van der Waals surface area contributed by atoms with Gasteiger partial charge in [0.25, 0.3) is 0 Å². The fourth-order valence-corrected chi connectivity index (χ4v) is 3.52. The fourth-order valence-electron chi connectivity index (χ4n) is 2.68. The SMILES string of the molecule is CC(C)NCCc1nn2c(C3CCCC3)nnc2s1. The molecular weight excluding hydrogens is 258 g/mol. The Bertz CT molecular complexity index is 538. The molecule has 0 bridgehead atoms. The summed E-state index contributed by atoms with van der Waals surface area (Å²) in [6, 6.07) is 0.528. The summed E-state index contributed by atoms with van der Waals surface area (Å²) >= 11 is 1.67. The Morgan fingerprint density at radius 1 is 1.32 bits per heavy atom. The zero-order chi connectivity index (χ0) is 13.2. The largest absolute Gasteiger partial charge is 0.314 e. The molecule has 3 rings (SSSR count). The van der Waals surface area contributed by atoms with Gasteiger partial charge >= 0.3 is 0 Å². The van der Waals surface area contributed by atoms with Gasteiger partial charge in [-0.1, -0.05) is 38.0 Å². The molecule has 1 saturated carbocycles. The zero-order valence-corrected chi connectivity index (χ0v) is 12.4. The molecular formula is C13H21N5S. The zero-order valence-electron chi connectivity index (χ0n) is 11.6. The third kappa shape index (κ3) is 2.79. The van der Waals surface area contributed by atoms with Crippen LogP contribution < -0.4 is 5.32 Å². The highest BCUT2D eigenvalue weighted by molar-refractivity contribution is 7.16. The summed E-state index contributed by atoms with van der Waals surface area (Å²) in [4.78, 5) is 0.946. The van der Waals surface area contributed by atoms with Gasteiger partial charge in [-0.2, -0.15) is 9.61 Å². The summed E-state index contributed by atoms with van der Waals surface area (Å²) in [5, 5.41) is 17.9. The van der Waals surface area contributed by atoms with E-state index in [9.17, 15) is 0 Å². The van der Waals surface area contributed by atoms with Crippen LogP contribution in [0, 0.1) is 0 Å². The van der Waals surface area contributed by atoms with E-state index in [4.69, 9.17) is 0 Å². The standard InChI is InChI=1S/C13H21N5S/c1-9(2)14-8-7-11-17-18-12(10-5-3-4-6-10)15-16-13(18)19-11/h9-10,14H,3-8H2,1-2H3. The van der Waals surface area contributed by atoms with E-state index >= 15 is 0 Å².